The number of rotatable bonds is 7. The number of aliphatic carboxylic acids is 1. The molecule has 0 bridgehead atoms. The summed E-state index contributed by atoms with van der Waals surface area (Å²) in [6.07, 6.45) is -0.0619. The number of methoxy groups -OCH3 is 1. The van der Waals surface area contributed by atoms with Crippen LogP contribution in [0.2, 0.25) is 0 Å². The van der Waals surface area contributed by atoms with Gasteiger partial charge in [0.2, 0.25) is 0 Å². The Morgan fingerprint density at radius 3 is 2.60 bits per heavy atom. The average molecular weight is 218 g/mol. The first-order chi connectivity index (χ1) is 7.11. The van der Waals surface area contributed by atoms with Gasteiger partial charge in [-0.2, -0.15) is 0 Å². The van der Waals surface area contributed by atoms with Gasteiger partial charge in [0.25, 0.3) is 0 Å². The topological polar surface area (TPSA) is 78.9 Å². The van der Waals surface area contributed by atoms with Gasteiger partial charge in [-0.05, 0) is 6.92 Å². The van der Waals surface area contributed by atoms with Crippen molar-refractivity contribution < 1.29 is 19.4 Å². The van der Waals surface area contributed by atoms with Crippen LogP contribution in [0, 0.1) is 0 Å². The van der Waals surface area contributed by atoms with E-state index in [0.717, 1.165) is 0 Å². The molecule has 0 atom stereocenters. The van der Waals surface area contributed by atoms with Crippen molar-refractivity contribution >= 4 is 12.0 Å². The van der Waals surface area contributed by atoms with Gasteiger partial charge >= 0.3 is 12.0 Å². The molecule has 2 amide bonds. The quantitative estimate of drug-likeness (QED) is 0.637. The average Bonchev–Trinajstić information content (AvgIpc) is 2.18. The number of nitrogens with one attached hydrogen (secondary N) is 1. The van der Waals surface area contributed by atoms with Crippen LogP contribution in [0.3, 0.4) is 0 Å². The first-order valence-corrected chi connectivity index (χ1v) is 4.85. The van der Waals surface area contributed by atoms with Crippen molar-refractivity contribution in [1.29, 1.82) is 0 Å². The van der Waals surface area contributed by atoms with Gasteiger partial charge in [-0.1, -0.05) is 0 Å². The molecule has 0 unspecified atom stereocenters. The molecule has 2 N–H and O–H groups in total. The number of hydrogen-bond donors (Lipinski definition) is 2. The number of amides is 2. The Hall–Kier alpha value is -1.30. The lowest BCUT2D eigenvalue weighted by Crippen LogP contribution is -2.42. The van der Waals surface area contributed by atoms with Crippen molar-refractivity contribution in [3.8, 4) is 0 Å². The minimum absolute atomic E-state index is 0.0619. The molecule has 0 heterocycles. The van der Waals surface area contributed by atoms with E-state index >= 15 is 0 Å². The summed E-state index contributed by atoms with van der Waals surface area (Å²) < 4.78 is 4.85. The molecule has 0 saturated heterocycles. The number of nitrogens with zero attached hydrogens (tertiary/aromatic N) is 1. The number of carboxylic acid groups (broad SMARTS) is 1. The standard InChI is InChI=1S/C9H18N2O4/c1-3-11(6-7-15-2)9(14)10-5-4-8(12)13/h3-7H2,1-2H3,(H,10,14)(H,12,13). The van der Waals surface area contributed by atoms with Crippen LogP contribution in [0.1, 0.15) is 13.3 Å². The molecule has 0 fully saturated rings. The van der Waals surface area contributed by atoms with Gasteiger partial charge in [-0.25, -0.2) is 4.79 Å². The van der Waals surface area contributed by atoms with Crippen LogP contribution in [0.25, 0.3) is 0 Å². The maximum absolute atomic E-state index is 11.4. The van der Waals surface area contributed by atoms with Crippen LogP contribution >= 0.6 is 0 Å². The summed E-state index contributed by atoms with van der Waals surface area (Å²) in [5.74, 6) is -0.921. The smallest absolute Gasteiger partial charge is 0.317 e. The van der Waals surface area contributed by atoms with Gasteiger partial charge in [0, 0.05) is 26.7 Å². The number of urea groups is 1. The molecule has 0 radical (unpaired) electrons. The second kappa shape index (κ2) is 8.05. The van der Waals surface area contributed by atoms with Crippen molar-refractivity contribution in [2.75, 3.05) is 33.4 Å². The van der Waals surface area contributed by atoms with Crippen molar-refractivity contribution in [3.63, 3.8) is 0 Å². The van der Waals surface area contributed by atoms with Gasteiger partial charge in [-0.15, -0.1) is 0 Å². The maximum Gasteiger partial charge on any atom is 0.317 e. The lowest BCUT2D eigenvalue weighted by molar-refractivity contribution is -0.136. The van der Waals surface area contributed by atoms with E-state index in [1.165, 1.54) is 0 Å². The molecule has 15 heavy (non-hydrogen) atoms. The molecule has 0 saturated carbocycles. The summed E-state index contributed by atoms with van der Waals surface area (Å²) in [5.41, 5.74) is 0. The Labute approximate surface area is 89.2 Å². The summed E-state index contributed by atoms with van der Waals surface area (Å²) in [7, 11) is 1.57. The highest BCUT2D eigenvalue weighted by Crippen LogP contribution is 1.89. The SMILES string of the molecule is CCN(CCOC)C(=O)NCCC(=O)O. The molecular formula is C9H18N2O4. The molecular weight excluding hydrogens is 200 g/mol. The number of ether oxygens (including phenoxy) is 1. The van der Waals surface area contributed by atoms with E-state index in [1.807, 2.05) is 6.92 Å². The Balaban J connectivity index is 3.77. The van der Waals surface area contributed by atoms with E-state index in [0.29, 0.717) is 19.7 Å². The number of carboxylic acids is 1. The summed E-state index contributed by atoms with van der Waals surface area (Å²) in [5, 5.41) is 10.9. The lowest BCUT2D eigenvalue weighted by atomic mass is 10.4. The molecule has 0 aromatic carbocycles. The maximum atomic E-state index is 11.4. The van der Waals surface area contributed by atoms with Gasteiger partial charge in [-0.3, -0.25) is 4.79 Å². The second-order valence-corrected chi connectivity index (χ2v) is 2.95. The van der Waals surface area contributed by atoms with E-state index in [9.17, 15) is 9.59 Å². The summed E-state index contributed by atoms with van der Waals surface area (Å²) in [4.78, 5) is 23.2. The van der Waals surface area contributed by atoms with Crippen LogP contribution in [-0.2, 0) is 9.53 Å². The third kappa shape index (κ3) is 6.73. The Bertz CT molecular complexity index is 208. The number of likely N-dealkylation sites (N-methyl/N-ethyl adjacent to an activating group) is 1. The molecule has 0 aromatic heterocycles. The largest absolute Gasteiger partial charge is 0.481 e. The highest BCUT2D eigenvalue weighted by molar-refractivity contribution is 5.75. The fourth-order valence-electron chi connectivity index (χ4n) is 0.993. The summed E-state index contributed by atoms with van der Waals surface area (Å²) in [6, 6.07) is -0.254. The first kappa shape index (κ1) is 13.7. The van der Waals surface area contributed by atoms with Crippen molar-refractivity contribution in [3.05, 3.63) is 0 Å². The third-order valence-electron chi connectivity index (χ3n) is 1.85. The van der Waals surface area contributed by atoms with Gasteiger partial charge in [0.1, 0.15) is 0 Å². The van der Waals surface area contributed by atoms with Crippen molar-refractivity contribution in [2.24, 2.45) is 0 Å². The fraction of sp³-hybridized carbons (Fsp3) is 0.778. The zero-order valence-electron chi connectivity index (χ0n) is 9.15. The Kier molecular flexibility index (Phi) is 7.35. The Morgan fingerprint density at radius 1 is 1.47 bits per heavy atom. The monoisotopic (exact) mass is 218 g/mol. The highest BCUT2D eigenvalue weighted by atomic mass is 16.5. The summed E-state index contributed by atoms with van der Waals surface area (Å²) in [6.45, 7) is 3.55. The molecule has 88 valence electrons. The highest BCUT2D eigenvalue weighted by Gasteiger charge is 2.10. The van der Waals surface area contributed by atoms with E-state index in [1.54, 1.807) is 12.0 Å². The first-order valence-electron chi connectivity index (χ1n) is 4.85. The molecule has 0 aliphatic rings. The number of carbonyl (C=O) groups excluding carboxylic acids is 1. The molecule has 0 spiro atoms. The van der Waals surface area contributed by atoms with Crippen LogP contribution < -0.4 is 5.32 Å². The normalized spacial score (nSPS) is 9.73. The molecule has 0 aliphatic heterocycles. The van der Waals surface area contributed by atoms with E-state index in [-0.39, 0.29) is 19.0 Å². The minimum atomic E-state index is -0.921. The predicted octanol–water partition coefficient (Wildman–Crippen LogP) is 0.139. The van der Waals surface area contributed by atoms with Crippen LogP contribution in [0.5, 0.6) is 0 Å². The number of carbonyl (C=O) groups is 2. The predicted molar refractivity (Wildman–Crippen MR) is 54.8 cm³/mol. The zero-order chi connectivity index (χ0) is 11.7. The molecule has 6 heteroatoms. The molecule has 6 nitrogen and oxygen atoms in total. The molecule has 0 aromatic rings. The van der Waals surface area contributed by atoms with Crippen LogP contribution in [-0.4, -0.2) is 55.4 Å². The van der Waals surface area contributed by atoms with Gasteiger partial charge < -0.3 is 20.1 Å². The van der Waals surface area contributed by atoms with E-state index in [2.05, 4.69) is 5.32 Å². The number of hydrogen-bond acceptors (Lipinski definition) is 3. The van der Waals surface area contributed by atoms with Gasteiger partial charge in [0.15, 0.2) is 0 Å². The zero-order valence-corrected chi connectivity index (χ0v) is 9.15. The third-order valence-corrected chi connectivity index (χ3v) is 1.85. The van der Waals surface area contributed by atoms with Crippen LogP contribution in [0.15, 0.2) is 0 Å². The van der Waals surface area contributed by atoms with Crippen molar-refractivity contribution in [1.82, 2.24) is 10.2 Å². The molecule has 0 rings (SSSR count). The fourth-order valence-corrected chi connectivity index (χ4v) is 0.993. The Morgan fingerprint density at radius 2 is 2.13 bits per heavy atom. The van der Waals surface area contributed by atoms with Crippen LogP contribution in [0.4, 0.5) is 4.79 Å². The van der Waals surface area contributed by atoms with E-state index in [4.69, 9.17) is 9.84 Å². The minimum Gasteiger partial charge on any atom is -0.481 e. The lowest BCUT2D eigenvalue weighted by Gasteiger charge is -2.20. The van der Waals surface area contributed by atoms with Crippen molar-refractivity contribution in [2.45, 2.75) is 13.3 Å². The second-order valence-electron chi connectivity index (χ2n) is 2.95. The van der Waals surface area contributed by atoms with Gasteiger partial charge in [0.05, 0.1) is 13.0 Å². The van der Waals surface area contributed by atoms with E-state index < -0.39 is 5.97 Å². The molecule has 0 aliphatic carbocycles. The summed E-state index contributed by atoms with van der Waals surface area (Å²) >= 11 is 0.